The zero-order chi connectivity index (χ0) is 26.1. The lowest BCUT2D eigenvalue weighted by molar-refractivity contribution is -0.144. The second-order valence-electron chi connectivity index (χ2n) is 9.96. The van der Waals surface area contributed by atoms with E-state index in [9.17, 15) is 9.59 Å². The van der Waals surface area contributed by atoms with Crippen LogP contribution in [0, 0.1) is 5.92 Å². The molecule has 3 aliphatic rings. The first-order valence-corrected chi connectivity index (χ1v) is 13.2. The Bertz CT molecular complexity index is 1260. The maximum absolute atomic E-state index is 13.9. The van der Waals surface area contributed by atoms with Crippen molar-refractivity contribution in [1.82, 2.24) is 5.32 Å². The fourth-order valence-electron chi connectivity index (χ4n) is 5.98. The number of hydrogen-bond donors (Lipinski definition) is 1. The summed E-state index contributed by atoms with van der Waals surface area (Å²) in [5.74, 6) is -0.479. The Labute approximate surface area is 222 Å². The summed E-state index contributed by atoms with van der Waals surface area (Å²) >= 11 is 6.09. The number of para-hydroxylation sites is 1. The summed E-state index contributed by atoms with van der Waals surface area (Å²) in [5.41, 5.74) is 3.70. The molecule has 0 spiro atoms. The van der Waals surface area contributed by atoms with Crippen LogP contribution in [0.2, 0.25) is 5.02 Å². The molecular formula is C30H32ClNO5. The van der Waals surface area contributed by atoms with E-state index in [-0.39, 0.29) is 23.8 Å². The molecule has 5 rings (SSSR count). The largest absolute Gasteiger partial charge is 0.493 e. The fraction of sp³-hybridized carbons (Fsp3) is 0.400. The first-order chi connectivity index (χ1) is 17.9. The van der Waals surface area contributed by atoms with Crippen molar-refractivity contribution in [2.24, 2.45) is 5.92 Å². The van der Waals surface area contributed by atoms with Crippen LogP contribution in [0.5, 0.6) is 11.5 Å². The number of Topliss-reactive ketones (excluding diaryl/α,β-unsaturated/α-hetero) is 1. The van der Waals surface area contributed by atoms with Crippen LogP contribution in [-0.2, 0) is 14.3 Å². The molecule has 3 unspecified atom stereocenters. The third-order valence-corrected chi connectivity index (χ3v) is 7.98. The van der Waals surface area contributed by atoms with Gasteiger partial charge in [0.05, 0.1) is 25.7 Å². The molecule has 0 saturated heterocycles. The Hall–Kier alpha value is -3.25. The number of methoxy groups -OCH3 is 2. The molecule has 0 radical (unpaired) electrons. The van der Waals surface area contributed by atoms with Gasteiger partial charge in [0.25, 0.3) is 0 Å². The Morgan fingerprint density at radius 2 is 1.73 bits per heavy atom. The number of hydrogen-bond acceptors (Lipinski definition) is 6. The number of carbonyl (C=O) groups is 2. The number of rotatable bonds is 6. The molecule has 2 aromatic rings. The lowest BCUT2D eigenvalue weighted by Crippen LogP contribution is -2.42. The highest BCUT2D eigenvalue weighted by molar-refractivity contribution is 6.30. The van der Waals surface area contributed by atoms with E-state index in [4.69, 9.17) is 25.8 Å². The Kier molecular flexibility index (Phi) is 7.29. The van der Waals surface area contributed by atoms with Gasteiger partial charge < -0.3 is 19.5 Å². The summed E-state index contributed by atoms with van der Waals surface area (Å²) < 4.78 is 17.3. The topological polar surface area (TPSA) is 73.9 Å². The molecule has 2 aliphatic carbocycles. The van der Waals surface area contributed by atoms with Gasteiger partial charge in [0.2, 0.25) is 0 Å². The molecule has 7 heteroatoms. The van der Waals surface area contributed by atoms with Crippen molar-refractivity contribution in [3.05, 3.63) is 81.7 Å². The van der Waals surface area contributed by atoms with Gasteiger partial charge in [-0.1, -0.05) is 41.9 Å². The van der Waals surface area contributed by atoms with Crippen molar-refractivity contribution in [1.29, 1.82) is 0 Å². The number of halogens is 1. The highest BCUT2D eigenvalue weighted by Gasteiger charge is 2.46. The van der Waals surface area contributed by atoms with Crippen molar-refractivity contribution in [3.8, 4) is 11.5 Å². The molecule has 194 valence electrons. The molecule has 1 aliphatic heterocycles. The van der Waals surface area contributed by atoms with Crippen molar-refractivity contribution in [2.45, 2.75) is 57.0 Å². The lowest BCUT2D eigenvalue weighted by atomic mass is 9.68. The van der Waals surface area contributed by atoms with Crippen molar-refractivity contribution < 1.29 is 23.8 Å². The van der Waals surface area contributed by atoms with Gasteiger partial charge in [-0.05, 0) is 56.4 Å². The average molecular weight is 522 g/mol. The number of fused-ring (bicyclic) bond motifs is 1. The van der Waals surface area contributed by atoms with E-state index in [1.165, 1.54) is 0 Å². The SMILES string of the molecule is COc1cccc(C2C(C(=O)OC3CCCC3)=C(C)NC3=CC(c4ccc(Cl)cc4)CC(=O)C32)c1OC. The van der Waals surface area contributed by atoms with E-state index in [1.54, 1.807) is 14.2 Å². The molecule has 37 heavy (non-hydrogen) atoms. The van der Waals surface area contributed by atoms with E-state index in [2.05, 4.69) is 11.4 Å². The van der Waals surface area contributed by atoms with Crippen LogP contribution in [0.15, 0.2) is 65.5 Å². The van der Waals surface area contributed by atoms with Crippen LogP contribution in [0.1, 0.15) is 62.0 Å². The van der Waals surface area contributed by atoms with E-state index in [0.717, 1.165) is 42.5 Å². The Morgan fingerprint density at radius 3 is 2.41 bits per heavy atom. The molecule has 3 atom stereocenters. The molecule has 1 N–H and O–H groups in total. The van der Waals surface area contributed by atoms with Crippen molar-refractivity contribution in [2.75, 3.05) is 14.2 Å². The number of allylic oxidation sites excluding steroid dienone is 3. The molecular weight excluding hydrogens is 490 g/mol. The first-order valence-electron chi connectivity index (χ1n) is 12.8. The highest BCUT2D eigenvalue weighted by atomic mass is 35.5. The number of ketones is 1. The summed E-state index contributed by atoms with van der Waals surface area (Å²) in [6, 6.07) is 13.2. The fourth-order valence-corrected chi connectivity index (χ4v) is 6.11. The summed E-state index contributed by atoms with van der Waals surface area (Å²) in [7, 11) is 3.15. The predicted octanol–water partition coefficient (Wildman–Crippen LogP) is 6.06. The van der Waals surface area contributed by atoms with Gasteiger partial charge >= 0.3 is 5.97 Å². The Morgan fingerprint density at radius 1 is 1.00 bits per heavy atom. The minimum atomic E-state index is -0.570. The van der Waals surface area contributed by atoms with Crippen molar-refractivity contribution >= 4 is 23.4 Å². The van der Waals surface area contributed by atoms with Gasteiger partial charge in [-0.15, -0.1) is 0 Å². The quantitative estimate of drug-likeness (QED) is 0.466. The van der Waals surface area contributed by atoms with Gasteiger partial charge in [-0.25, -0.2) is 4.79 Å². The normalized spacial score (nSPS) is 23.7. The van der Waals surface area contributed by atoms with Gasteiger partial charge in [0.15, 0.2) is 11.5 Å². The number of ether oxygens (including phenoxy) is 3. The molecule has 1 heterocycles. The maximum Gasteiger partial charge on any atom is 0.336 e. The third-order valence-electron chi connectivity index (χ3n) is 7.73. The standard InChI is InChI=1S/C30H32ClNO5/c1-17-26(30(34)37-21-7-4-5-8-21)27(22-9-6-10-25(35-2)29(22)36-3)28-23(32-17)15-19(16-24(28)33)18-11-13-20(31)14-12-18/h6,9-15,19,21,27-28,32H,4-5,7-8,16H2,1-3H3. The zero-order valence-electron chi connectivity index (χ0n) is 21.4. The van der Waals surface area contributed by atoms with E-state index < -0.39 is 11.8 Å². The second-order valence-corrected chi connectivity index (χ2v) is 10.4. The molecule has 0 bridgehead atoms. The van der Waals surface area contributed by atoms with Crippen LogP contribution >= 0.6 is 11.6 Å². The summed E-state index contributed by atoms with van der Waals surface area (Å²) in [6.07, 6.45) is 6.20. The lowest BCUT2D eigenvalue weighted by Gasteiger charge is -2.40. The van der Waals surface area contributed by atoms with Crippen molar-refractivity contribution in [3.63, 3.8) is 0 Å². The molecule has 0 aromatic heterocycles. The molecule has 6 nitrogen and oxygen atoms in total. The minimum absolute atomic E-state index is 0.0542. The predicted molar refractivity (Wildman–Crippen MR) is 142 cm³/mol. The number of benzene rings is 2. The molecule has 1 fully saturated rings. The highest BCUT2D eigenvalue weighted by Crippen LogP contribution is 2.50. The molecule has 2 aromatic carbocycles. The number of carbonyl (C=O) groups excluding carboxylic acids is 2. The summed E-state index contributed by atoms with van der Waals surface area (Å²) in [5, 5.41) is 4.06. The van der Waals surface area contributed by atoms with Crippen LogP contribution in [-0.4, -0.2) is 32.1 Å². The van der Waals surface area contributed by atoms with Crippen LogP contribution in [0.4, 0.5) is 0 Å². The smallest absolute Gasteiger partial charge is 0.336 e. The summed E-state index contributed by atoms with van der Waals surface area (Å²) in [4.78, 5) is 27.5. The third kappa shape index (κ3) is 4.87. The number of esters is 1. The Balaban J connectivity index is 1.62. The molecule has 1 saturated carbocycles. The molecule has 0 amide bonds. The average Bonchev–Trinajstić information content (AvgIpc) is 3.40. The van der Waals surface area contributed by atoms with Crippen LogP contribution in [0.3, 0.4) is 0 Å². The summed E-state index contributed by atoms with van der Waals surface area (Å²) in [6.45, 7) is 1.87. The van der Waals surface area contributed by atoms with Gasteiger partial charge in [-0.2, -0.15) is 0 Å². The maximum atomic E-state index is 13.9. The zero-order valence-corrected chi connectivity index (χ0v) is 22.1. The monoisotopic (exact) mass is 521 g/mol. The first kappa shape index (κ1) is 25.4. The van der Waals surface area contributed by atoms with Gasteiger partial charge in [0, 0.05) is 40.2 Å². The van der Waals surface area contributed by atoms with E-state index >= 15 is 0 Å². The van der Waals surface area contributed by atoms with E-state index in [1.807, 2.05) is 49.4 Å². The van der Waals surface area contributed by atoms with Crippen LogP contribution in [0.25, 0.3) is 0 Å². The second kappa shape index (κ2) is 10.6. The van der Waals surface area contributed by atoms with Gasteiger partial charge in [0.1, 0.15) is 11.9 Å². The minimum Gasteiger partial charge on any atom is -0.493 e. The van der Waals surface area contributed by atoms with Crippen LogP contribution < -0.4 is 14.8 Å². The van der Waals surface area contributed by atoms with E-state index in [0.29, 0.717) is 34.2 Å². The number of nitrogens with one attached hydrogen (secondary N) is 1. The van der Waals surface area contributed by atoms with Gasteiger partial charge in [-0.3, -0.25) is 4.79 Å².